The number of aryl methyl sites for hydroxylation is 1. The number of esters is 1. The molecule has 8 heteroatoms. The Balaban J connectivity index is 1.83. The van der Waals surface area contributed by atoms with Crippen molar-refractivity contribution in [3.05, 3.63) is 69.3 Å². The molecule has 1 aliphatic heterocycles. The summed E-state index contributed by atoms with van der Waals surface area (Å²) in [5.74, 6) is -0.582. The second-order valence-corrected chi connectivity index (χ2v) is 7.33. The van der Waals surface area contributed by atoms with Crippen LogP contribution in [0, 0.1) is 6.92 Å². The van der Waals surface area contributed by atoms with Crippen molar-refractivity contribution in [3.63, 3.8) is 0 Å². The van der Waals surface area contributed by atoms with Gasteiger partial charge in [0.2, 0.25) is 0 Å². The van der Waals surface area contributed by atoms with Crippen molar-refractivity contribution in [2.75, 3.05) is 13.7 Å². The van der Waals surface area contributed by atoms with E-state index in [1.165, 1.54) is 13.2 Å². The number of hydrogen-bond acceptors (Lipinski definition) is 5. The van der Waals surface area contributed by atoms with Crippen LogP contribution in [0.5, 0.6) is 5.75 Å². The van der Waals surface area contributed by atoms with Crippen molar-refractivity contribution < 1.29 is 23.9 Å². The maximum Gasteiger partial charge on any atom is 0.343 e. The average Bonchev–Trinajstić information content (AvgIpc) is 2.94. The van der Waals surface area contributed by atoms with E-state index < -0.39 is 17.9 Å². The van der Waals surface area contributed by atoms with Crippen molar-refractivity contribution in [1.82, 2.24) is 10.2 Å². The lowest BCUT2D eigenvalue weighted by Crippen LogP contribution is -2.30. The predicted octanol–water partition coefficient (Wildman–Crippen LogP) is 3.40. The number of halogens is 1. The highest BCUT2D eigenvalue weighted by Gasteiger charge is 2.33. The van der Waals surface area contributed by atoms with Crippen LogP contribution in [0.25, 0.3) is 6.08 Å². The lowest BCUT2D eigenvalue weighted by atomic mass is 10.1. The number of imide groups is 1. The fourth-order valence-corrected chi connectivity index (χ4v) is 3.20. The number of carbonyl (C=O) groups is 3. The van der Waals surface area contributed by atoms with Crippen LogP contribution in [0.15, 0.2) is 52.6 Å². The van der Waals surface area contributed by atoms with Gasteiger partial charge in [0.15, 0.2) is 6.61 Å². The molecule has 0 saturated carbocycles. The first-order chi connectivity index (χ1) is 13.9. The van der Waals surface area contributed by atoms with E-state index in [0.29, 0.717) is 11.3 Å². The number of amides is 3. The van der Waals surface area contributed by atoms with Crippen molar-refractivity contribution in [1.29, 1.82) is 0 Å². The molecule has 1 aliphatic rings. The lowest BCUT2D eigenvalue weighted by molar-refractivity contribution is -0.142. The van der Waals surface area contributed by atoms with Gasteiger partial charge in [0.25, 0.3) is 5.91 Å². The molecule has 1 fully saturated rings. The van der Waals surface area contributed by atoms with Gasteiger partial charge in [-0.15, -0.1) is 0 Å². The molecule has 0 aromatic heterocycles. The third kappa shape index (κ3) is 5.03. The molecule has 29 heavy (non-hydrogen) atoms. The first kappa shape index (κ1) is 20.6. The monoisotopic (exact) mass is 458 g/mol. The third-order valence-corrected chi connectivity index (χ3v) is 4.72. The number of urea groups is 1. The molecule has 0 atom stereocenters. The van der Waals surface area contributed by atoms with Crippen LogP contribution < -0.4 is 10.1 Å². The maximum absolute atomic E-state index is 12.8. The van der Waals surface area contributed by atoms with Gasteiger partial charge in [0.05, 0.1) is 13.7 Å². The van der Waals surface area contributed by atoms with Crippen molar-refractivity contribution in [3.8, 4) is 5.75 Å². The Morgan fingerprint density at radius 1 is 1.21 bits per heavy atom. The normalized spacial score (nSPS) is 14.9. The van der Waals surface area contributed by atoms with Gasteiger partial charge >= 0.3 is 12.0 Å². The predicted molar refractivity (Wildman–Crippen MR) is 110 cm³/mol. The lowest BCUT2D eigenvalue weighted by Gasteiger charge is -2.12. The topological polar surface area (TPSA) is 84.9 Å². The highest BCUT2D eigenvalue weighted by atomic mass is 79.9. The molecule has 2 aromatic carbocycles. The van der Waals surface area contributed by atoms with Gasteiger partial charge in [0.1, 0.15) is 11.4 Å². The zero-order valence-electron chi connectivity index (χ0n) is 15.9. The summed E-state index contributed by atoms with van der Waals surface area (Å²) in [6.07, 6.45) is 1.52. The third-order valence-electron chi connectivity index (χ3n) is 4.23. The minimum atomic E-state index is -0.527. The number of carbonyl (C=O) groups excluding carboxylic acids is 3. The van der Waals surface area contributed by atoms with Crippen LogP contribution in [0.3, 0.4) is 0 Å². The number of ether oxygens (including phenoxy) is 2. The molecule has 0 radical (unpaired) electrons. The average molecular weight is 459 g/mol. The molecule has 1 saturated heterocycles. The first-order valence-electron chi connectivity index (χ1n) is 8.76. The van der Waals surface area contributed by atoms with Gasteiger partial charge in [0, 0.05) is 10.0 Å². The minimum absolute atomic E-state index is 0.128. The van der Waals surface area contributed by atoms with Gasteiger partial charge in [-0.3, -0.25) is 9.69 Å². The van der Waals surface area contributed by atoms with Crippen LogP contribution in [-0.4, -0.2) is 36.5 Å². The molecule has 7 nitrogen and oxygen atoms in total. The summed E-state index contributed by atoms with van der Waals surface area (Å²) >= 11 is 3.37. The van der Waals surface area contributed by atoms with Gasteiger partial charge in [-0.25, -0.2) is 9.59 Å². The number of nitrogens with one attached hydrogen (secondary N) is 1. The fraction of sp³-hybridized carbons (Fsp3) is 0.190. The zero-order chi connectivity index (χ0) is 21.0. The standard InChI is InChI=1S/C21H19BrN2O5/c1-13-4-3-5-14(8-13)11-24-20(26)17(23-21(24)27)10-15-9-16(22)6-7-18(15)29-12-19(25)28-2/h3-10H,11-12H2,1-2H3,(H,23,27)/b17-10+. The van der Waals surface area contributed by atoms with E-state index >= 15 is 0 Å². The van der Waals surface area contributed by atoms with Crippen molar-refractivity contribution in [2.45, 2.75) is 13.5 Å². The molecule has 3 rings (SSSR count). The van der Waals surface area contributed by atoms with Crippen LogP contribution >= 0.6 is 15.9 Å². The van der Waals surface area contributed by atoms with Crippen LogP contribution in [0.2, 0.25) is 0 Å². The highest BCUT2D eigenvalue weighted by Crippen LogP contribution is 2.27. The summed E-state index contributed by atoms with van der Waals surface area (Å²) in [4.78, 5) is 37.6. The Bertz CT molecular complexity index is 1000. The molecule has 1 N–H and O–H groups in total. The van der Waals surface area contributed by atoms with E-state index in [2.05, 4.69) is 26.0 Å². The molecule has 0 unspecified atom stereocenters. The summed E-state index contributed by atoms with van der Waals surface area (Å²) in [5, 5.41) is 2.60. The van der Waals surface area contributed by atoms with Crippen molar-refractivity contribution >= 4 is 39.9 Å². The van der Waals surface area contributed by atoms with E-state index in [0.717, 1.165) is 20.5 Å². The largest absolute Gasteiger partial charge is 0.481 e. The quantitative estimate of drug-likeness (QED) is 0.407. The summed E-state index contributed by atoms with van der Waals surface area (Å²) in [6.45, 7) is 1.85. The molecular formula is C21H19BrN2O5. The Morgan fingerprint density at radius 3 is 2.72 bits per heavy atom. The van der Waals surface area contributed by atoms with E-state index in [9.17, 15) is 14.4 Å². The van der Waals surface area contributed by atoms with Crippen LogP contribution in [-0.2, 0) is 20.9 Å². The molecule has 0 spiro atoms. The number of rotatable bonds is 6. The number of nitrogens with zero attached hydrogens (tertiary/aromatic N) is 1. The van der Waals surface area contributed by atoms with Gasteiger partial charge in [-0.1, -0.05) is 45.8 Å². The van der Waals surface area contributed by atoms with E-state index in [-0.39, 0.29) is 18.8 Å². The Morgan fingerprint density at radius 2 is 2.00 bits per heavy atom. The highest BCUT2D eigenvalue weighted by molar-refractivity contribution is 9.10. The Hall–Kier alpha value is -3.13. The molecule has 150 valence electrons. The molecular weight excluding hydrogens is 440 g/mol. The fourth-order valence-electron chi connectivity index (χ4n) is 2.82. The summed E-state index contributed by atoms with van der Waals surface area (Å²) in [5.41, 5.74) is 2.57. The van der Waals surface area contributed by atoms with Crippen LogP contribution in [0.1, 0.15) is 16.7 Å². The second-order valence-electron chi connectivity index (χ2n) is 6.42. The van der Waals surface area contributed by atoms with Crippen molar-refractivity contribution in [2.24, 2.45) is 0 Å². The Kier molecular flexibility index (Phi) is 6.33. The van der Waals surface area contributed by atoms with Gasteiger partial charge in [-0.2, -0.15) is 0 Å². The van der Waals surface area contributed by atoms with Crippen LogP contribution in [0.4, 0.5) is 4.79 Å². The number of methoxy groups -OCH3 is 1. The van der Waals surface area contributed by atoms with Gasteiger partial charge < -0.3 is 14.8 Å². The van der Waals surface area contributed by atoms with E-state index in [1.807, 2.05) is 31.2 Å². The molecule has 2 aromatic rings. The zero-order valence-corrected chi connectivity index (χ0v) is 17.5. The number of benzene rings is 2. The molecule has 0 bridgehead atoms. The SMILES string of the molecule is COC(=O)COc1ccc(Br)cc1/C=C1/NC(=O)N(Cc2cccc(C)c2)C1=O. The summed E-state index contributed by atoms with van der Waals surface area (Å²) in [7, 11) is 1.27. The molecule has 1 heterocycles. The van der Waals surface area contributed by atoms with E-state index in [4.69, 9.17) is 4.74 Å². The summed E-state index contributed by atoms with van der Waals surface area (Å²) in [6, 6.07) is 12.3. The molecule has 0 aliphatic carbocycles. The first-order valence-corrected chi connectivity index (χ1v) is 9.56. The van der Waals surface area contributed by atoms with E-state index in [1.54, 1.807) is 18.2 Å². The second kappa shape index (κ2) is 8.91. The molecule has 3 amide bonds. The van der Waals surface area contributed by atoms with Gasteiger partial charge in [-0.05, 0) is 36.8 Å². The minimum Gasteiger partial charge on any atom is -0.481 e. The maximum atomic E-state index is 12.8. The Labute approximate surface area is 176 Å². The summed E-state index contributed by atoms with van der Waals surface area (Å²) < 4.78 is 10.8. The number of hydrogen-bond donors (Lipinski definition) is 1. The smallest absolute Gasteiger partial charge is 0.343 e.